The first-order valence-corrected chi connectivity index (χ1v) is 11.0. The number of nitrogens with one attached hydrogen (secondary N) is 1. The number of hydrogen-bond donors (Lipinski definition) is 1. The van der Waals surface area contributed by atoms with Gasteiger partial charge in [-0.15, -0.1) is 0 Å². The molecule has 2 aromatic carbocycles. The second-order valence-electron chi connectivity index (χ2n) is 8.20. The van der Waals surface area contributed by atoms with Gasteiger partial charge in [-0.3, -0.25) is 39.0 Å². The monoisotopic (exact) mass is 474 g/mol. The Labute approximate surface area is 203 Å². The number of imide groups is 2. The molecule has 1 unspecified atom stereocenters. The first-order chi connectivity index (χ1) is 16.4. The maximum atomic E-state index is 12.1. The van der Waals surface area contributed by atoms with Gasteiger partial charge < -0.3 is 0 Å². The zero-order valence-electron chi connectivity index (χ0n) is 18.3. The van der Waals surface area contributed by atoms with Gasteiger partial charge in [0.05, 0.1) is 22.3 Å². The summed E-state index contributed by atoms with van der Waals surface area (Å²) in [4.78, 5) is 68.7. The highest BCUT2D eigenvalue weighted by Gasteiger charge is 2.42. The van der Waals surface area contributed by atoms with E-state index in [4.69, 9.17) is 0 Å². The Kier molecular flexibility index (Phi) is 7.86. The van der Waals surface area contributed by atoms with Crippen LogP contribution in [-0.2, 0) is 9.59 Å². The third kappa shape index (κ3) is 5.32. The summed E-state index contributed by atoms with van der Waals surface area (Å²) in [6, 6.07) is 13.3. The number of fused-ring (bicyclic) bond motifs is 2. The quantitative estimate of drug-likeness (QED) is 0.632. The lowest BCUT2D eigenvalue weighted by molar-refractivity contribution is -0.117. The molecule has 2 heterocycles. The van der Waals surface area contributed by atoms with Crippen LogP contribution in [0.4, 0.5) is 0 Å². The number of allylic oxidation sites excluding steroid dienone is 2. The van der Waals surface area contributed by atoms with Gasteiger partial charge in [-0.05, 0) is 43.2 Å². The largest absolute Gasteiger partial charge is 0.300 e. The van der Waals surface area contributed by atoms with Crippen molar-refractivity contribution in [1.29, 1.82) is 0 Å². The molecule has 4 aliphatic rings. The molecule has 180 valence electrons. The molecular formula is C27H26N2O6. The average Bonchev–Trinajstić information content (AvgIpc) is 3.60. The van der Waals surface area contributed by atoms with Gasteiger partial charge in [-0.25, -0.2) is 0 Å². The van der Waals surface area contributed by atoms with Gasteiger partial charge in [-0.1, -0.05) is 37.8 Å². The maximum absolute atomic E-state index is 12.1. The molecule has 2 aliphatic carbocycles. The number of hydrogen-bond acceptors (Lipinski definition) is 6. The molecule has 1 atom stereocenters. The van der Waals surface area contributed by atoms with Crippen LogP contribution in [0, 0.1) is 0 Å². The minimum Gasteiger partial charge on any atom is -0.300 e. The molecule has 8 heteroatoms. The highest BCUT2D eigenvalue weighted by molar-refractivity contribution is 6.22. The van der Waals surface area contributed by atoms with E-state index >= 15 is 0 Å². The Morgan fingerprint density at radius 1 is 0.714 bits per heavy atom. The smallest absolute Gasteiger partial charge is 0.261 e. The number of Topliss-reactive ketones (excluding diaryl/α,β-unsaturated/α-hetero) is 1. The van der Waals surface area contributed by atoms with Crippen LogP contribution in [0.2, 0.25) is 0 Å². The fourth-order valence-corrected chi connectivity index (χ4v) is 4.20. The number of carbonyl (C=O) groups excluding carboxylic acids is 6. The van der Waals surface area contributed by atoms with E-state index in [2.05, 4.69) is 5.32 Å². The Morgan fingerprint density at radius 3 is 1.60 bits per heavy atom. The van der Waals surface area contributed by atoms with Gasteiger partial charge >= 0.3 is 0 Å². The summed E-state index contributed by atoms with van der Waals surface area (Å²) in [5.41, 5.74) is 1.85. The zero-order valence-corrected chi connectivity index (χ0v) is 18.3. The Morgan fingerprint density at radius 2 is 1.23 bits per heavy atom. The number of carbonyl (C=O) groups is 6. The van der Waals surface area contributed by atoms with Crippen molar-refractivity contribution in [3.8, 4) is 0 Å². The molecule has 0 radical (unpaired) electrons. The second-order valence-corrected chi connectivity index (χ2v) is 8.20. The van der Waals surface area contributed by atoms with E-state index < -0.39 is 0 Å². The van der Waals surface area contributed by atoms with Gasteiger partial charge in [-0.2, -0.15) is 0 Å². The van der Waals surface area contributed by atoms with Crippen molar-refractivity contribution in [2.75, 3.05) is 0 Å². The third-order valence-corrected chi connectivity index (χ3v) is 5.91. The summed E-state index contributed by atoms with van der Waals surface area (Å²) >= 11 is 0. The molecule has 35 heavy (non-hydrogen) atoms. The van der Waals surface area contributed by atoms with Crippen molar-refractivity contribution in [2.24, 2.45) is 0 Å². The van der Waals surface area contributed by atoms with Crippen molar-refractivity contribution in [3.63, 3.8) is 0 Å². The second kappa shape index (κ2) is 10.8. The number of amides is 4. The molecular weight excluding hydrogens is 448 g/mol. The molecule has 1 fully saturated rings. The summed E-state index contributed by atoms with van der Waals surface area (Å²) in [5.74, 6) is -0.714. The molecule has 0 aromatic heterocycles. The maximum Gasteiger partial charge on any atom is 0.261 e. The number of rotatable bonds is 1. The SMILES string of the molecule is C.O=C1C=CCC1.O=C1CCC(N2C(=O)c3ccccc3C2=O)C1.O=C1NC(=O)c2ccccc21. The first kappa shape index (κ1) is 25.4. The highest BCUT2D eigenvalue weighted by atomic mass is 16.2. The molecule has 0 spiro atoms. The van der Waals surface area contributed by atoms with E-state index in [-0.39, 0.29) is 48.7 Å². The highest BCUT2D eigenvalue weighted by Crippen LogP contribution is 2.30. The van der Waals surface area contributed by atoms with E-state index in [9.17, 15) is 28.8 Å². The van der Waals surface area contributed by atoms with Crippen molar-refractivity contribution in [1.82, 2.24) is 10.2 Å². The summed E-state index contributed by atoms with van der Waals surface area (Å²) in [7, 11) is 0. The van der Waals surface area contributed by atoms with Crippen molar-refractivity contribution < 1.29 is 28.8 Å². The lowest BCUT2D eigenvalue weighted by Crippen LogP contribution is -2.38. The number of nitrogens with zero attached hydrogens (tertiary/aromatic N) is 1. The molecule has 0 saturated heterocycles. The van der Waals surface area contributed by atoms with Gasteiger partial charge in [0, 0.05) is 25.3 Å². The van der Waals surface area contributed by atoms with Crippen molar-refractivity contribution >= 4 is 35.2 Å². The van der Waals surface area contributed by atoms with Gasteiger partial charge in [0.15, 0.2) is 5.78 Å². The van der Waals surface area contributed by atoms with Crippen molar-refractivity contribution in [2.45, 2.75) is 45.6 Å². The number of benzene rings is 2. The summed E-state index contributed by atoms with van der Waals surface area (Å²) in [6.45, 7) is 0. The third-order valence-electron chi connectivity index (χ3n) is 5.91. The summed E-state index contributed by atoms with van der Waals surface area (Å²) in [5, 5.41) is 2.20. The van der Waals surface area contributed by atoms with E-state index in [0.717, 1.165) is 12.8 Å². The Hall–Kier alpha value is -4.20. The van der Waals surface area contributed by atoms with Gasteiger partial charge in [0.2, 0.25) is 0 Å². The standard InChI is InChI=1S/C13H11NO3.C8H5NO2.C5H6O.CH4/c15-9-6-5-8(7-9)14-12(16)10-3-1-2-4-11(10)13(14)17;10-7-5-3-1-2-4-6(5)8(11)9-7;6-5-3-1-2-4-5;/h1-4,8H,5-7H2;1-4H,(H,9,10,11);1,3H,2,4H2;1H4. The van der Waals surface area contributed by atoms with Crippen LogP contribution in [0.1, 0.15) is 81.0 Å². The predicted molar refractivity (Wildman–Crippen MR) is 128 cm³/mol. The molecule has 2 aliphatic heterocycles. The van der Waals surface area contributed by atoms with Crippen LogP contribution < -0.4 is 5.32 Å². The molecule has 2 aromatic rings. The Balaban J connectivity index is 0.000000163. The van der Waals surface area contributed by atoms with E-state index in [1.807, 2.05) is 6.08 Å². The lowest BCUT2D eigenvalue weighted by atomic mass is 10.1. The Bertz CT molecular complexity index is 1180. The molecule has 1 N–H and O–H groups in total. The summed E-state index contributed by atoms with van der Waals surface area (Å²) in [6.07, 6.45) is 6.62. The molecule has 4 amide bonds. The van der Waals surface area contributed by atoms with Crippen molar-refractivity contribution in [3.05, 3.63) is 82.9 Å². The minimum atomic E-state index is -0.300. The normalized spacial score (nSPS) is 19.3. The minimum absolute atomic E-state index is 0. The topological polar surface area (TPSA) is 118 Å². The molecule has 1 saturated carbocycles. The van der Waals surface area contributed by atoms with E-state index in [1.54, 1.807) is 54.6 Å². The van der Waals surface area contributed by atoms with Crippen LogP contribution >= 0.6 is 0 Å². The van der Waals surface area contributed by atoms with E-state index in [0.29, 0.717) is 41.5 Å². The zero-order chi connectivity index (χ0) is 24.2. The van der Waals surface area contributed by atoms with Crippen LogP contribution in [-0.4, -0.2) is 46.1 Å². The fraction of sp³-hybridized carbons (Fsp3) is 0.259. The van der Waals surface area contributed by atoms with Gasteiger partial charge in [0.1, 0.15) is 5.78 Å². The van der Waals surface area contributed by atoms with Crippen LogP contribution in [0.15, 0.2) is 60.7 Å². The van der Waals surface area contributed by atoms with E-state index in [1.165, 1.54) is 4.90 Å². The summed E-state index contributed by atoms with van der Waals surface area (Å²) < 4.78 is 0. The van der Waals surface area contributed by atoms with Crippen LogP contribution in [0.25, 0.3) is 0 Å². The van der Waals surface area contributed by atoms with Crippen LogP contribution in [0.5, 0.6) is 0 Å². The van der Waals surface area contributed by atoms with Gasteiger partial charge in [0.25, 0.3) is 23.6 Å². The molecule has 6 rings (SSSR count). The molecule has 8 nitrogen and oxygen atoms in total. The molecule has 0 bridgehead atoms. The number of ketones is 2. The van der Waals surface area contributed by atoms with Crippen LogP contribution in [0.3, 0.4) is 0 Å². The predicted octanol–water partition coefficient (Wildman–Crippen LogP) is 3.52. The first-order valence-electron chi connectivity index (χ1n) is 11.0. The lowest BCUT2D eigenvalue weighted by Gasteiger charge is -2.20. The average molecular weight is 475 g/mol. The fourth-order valence-electron chi connectivity index (χ4n) is 4.20.